The van der Waals surface area contributed by atoms with E-state index in [1.165, 1.54) is 0 Å². The Morgan fingerprint density at radius 3 is 2.65 bits per heavy atom. The summed E-state index contributed by atoms with van der Waals surface area (Å²) in [6.07, 6.45) is 0.943. The summed E-state index contributed by atoms with van der Waals surface area (Å²) in [6.45, 7) is 2.20. The van der Waals surface area contributed by atoms with Gasteiger partial charge in [-0.3, -0.25) is 4.79 Å². The highest BCUT2D eigenvalue weighted by Crippen LogP contribution is 2.20. The maximum Gasteiger partial charge on any atom is 0.306 e. The lowest BCUT2D eigenvalue weighted by Crippen LogP contribution is -2.06. The third kappa shape index (κ3) is 4.95. The normalized spacial score (nSPS) is 9.29. The molecule has 17 heavy (non-hydrogen) atoms. The van der Waals surface area contributed by atoms with Crippen LogP contribution in [-0.2, 0) is 16.0 Å². The first kappa shape index (κ1) is 15.6. The van der Waals surface area contributed by atoms with E-state index in [1.54, 1.807) is 20.1 Å². The zero-order valence-electron chi connectivity index (χ0n) is 10.1. The molecule has 96 valence electrons. The predicted molar refractivity (Wildman–Crippen MR) is 69.6 cm³/mol. The number of benzene rings is 1. The van der Waals surface area contributed by atoms with Gasteiger partial charge in [-0.1, -0.05) is 6.07 Å². The first-order valence-electron chi connectivity index (χ1n) is 5.25. The van der Waals surface area contributed by atoms with Crippen molar-refractivity contribution in [1.82, 2.24) is 0 Å². The van der Waals surface area contributed by atoms with E-state index in [-0.39, 0.29) is 18.4 Å². The van der Waals surface area contributed by atoms with Crippen LogP contribution in [0.3, 0.4) is 0 Å². The first-order valence-corrected chi connectivity index (χ1v) is 5.25. The van der Waals surface area contributed by atoms with Crippen LogP contribution in [0.25, 0.3) is 0 Å². The van der Waals surface area contributed by atoms with Gasteiger partial charge >= 0.3 is 5.97 Å². The van der Waals surface area contributed by atoms with Crippen LogP contribution in [0.4, 0.5) is 5.69 Å². The summed E-state index contributed by atoms with van der Waals surface area (Å²) in [5, 5.41) is 0. The second-order valence-electron chi connectivity index (χ2n) is 3.37. The molecule has 2 N–H and O–H groups in total. The van der Waals surface area contributed by atoms with Gasteiger partial charge in [0.2, 0.25) is 0 Å². The maximum atomic E-state index is 11.2. The lowest BCUT2D eigenvalue weighted by molar-refractivity contribution is -0.143. The van der Waals surface area contributed by atoms with Crippen LogP contribution in [0.5, 0.6) is 5.75 Å². The SMILES string of the molecule is CCOC(=O)CCc1ccc(OC)cc1N.Cl. The van der Waals surface area contributed by atoms with Crippen molar-refractivity contribution in [3.8, 4) is 5.75 Å². The minimum atomic E-state index is -0.197. The van der Waals surface area contributed by atoms with Crippen molar-refractivity contribution in [2.24, 2.45) is 0 Å². The highest BCUT2D eigenvalue weighted by atomic mass is 35.5. The van der Waals surface area contributed by atoms with Gasteiger partial charge in [-0.15, -0.1) is 12.4 Å². The molecular weight excluding hydrogens is 242 g/mol. The van der Waals surface area contributed by atoms with Gasteiger partial charge in [0.05, 0.1) is 13.7 Å². The highest BCUT2D eigenvalue weighted by Gasteiger charge is 2.05. The number of carbonyl (C=O) groups excluding carboxylic acids is 1. The number of anilines is 1. The fourth-order valence-corrected chi connectivity index (χ4v) is 1.40. The lowest BCUT2D eigenvalue weighted by atomic mass is 10.1. The molecule has 0 bridgehead atoms. The van der Waals surface area contributed by atoms with Crippen LogP contribution < -0.4 is 10.5 Å². The van der Waals surface area contributed by atoms with Crippen LogP contribution in [0.1, 0.15) is 18.9 Å². The Morgan fingerprint density at radius 2 is 2.12 bits per heavy atom. The van der Waals surface area contributed by atoms with Gasteiger partial charge < -0.3 is 15.2 Å². The molecule has 1 aromatic rings. The summed E-state index contributed by atoms with van der Waals surface area (Å²) in [6, 6.07) is 5.45. The fourth-order valence-electron chi connectivity index (χ4n) is 1.40. The molecule has 0 fully saturated rings. The molecule has 0 atom stereocenters. The molecule has 0 saturated carbocycles. The van der Waals surface area contributed by atoms with Crippen LogP contribution in [-0.4, -0.2) is 19.7 Å². The summed E-state index contributed by atoms with van der Waals surface area (Å²) in [4.78, 5) is 11.2. The van der Waals surface area contributed by atoms with Gasteiger partial charge in [0.15, 0.2) is 0 Å². The third-order valence-corrected chi connectivity index (χ3v) is 2.26. The van der Waals surface area contributed by atoms with E-state index in [0.29, 0.717) is 25.1 Å². The minimum absolute atomic E-state index is 0. The third-order valence-electron chi connectivity index (χ3n) is 2.26. The van der Waals surface area contributed by atoms with Crippen molar-refractivity contribution in [3.63, 3.8) is 0 Å². The molecule has 0 aliphatic heterocycles. The van der Waals surface area contributed by atoms with E-state index in [0.717, 1.165) is 11.3 Å². The highest BCUT2D eigenvalue weighted by molar-refractivity contribution is 5.85. The number of hydrogen-bond acceptors (Lipinski definition) is 4. The lowest BCUT2D eigenvalue weighted by Gasteiger charge is -2.07. The summed E-state index contributed by atoms with van der Waals surface area (Å²) >= 11 is 0. The maximum absolute atomic E-state index is 11.2. The zero-order valence-corrected chi connectivity index (χ0v) is 10.9. The second-order valence-corrected chi connectivity index (χ2v) is 3.37. The van der Waals surface area contributed by atoms with E-state index in [9.17, 15) is 4.79 Å². The Labute approximate surface area is 108 Å². The Bertz CT molecular complexity index is 369. The van der Waals surface area contributed by atoms with E-state index in [1.807, 2.05) is 12.1 Å². The summed E-state index contributed by atoms with van der Waals surface area (Å²) in [5.74, 6) is 0.523. The first-order chi connectivity index (χ1) is 7.67. The summed E-state index contributed by atoms with van der Waals surface area (Å²) in [5.41, 5.74) is 7.41. The monoisotopic (exact) mass is 259 g/mol. The fraction of sp³-hybridized carbons (Fsp3) is 0.417. The molecule has 0 spiro atoms. The summed E-state index contributed by atoms with van der Waals surface area (Å²) in [7, 11) is 1.59. The Kier molecular flexibility index (Phi) is 7.14. The van der Waals surface area contributed by atoms with Crippen LogP contribution in [0.15, 0.2) is 18.2 Å². The molecule has 0 aliphatic rings. The molecule has 4 nitrogen and oxygen atoms in total. The van der Waals surface area contributed by atoms with Crippen molar-refractivity contribution < 1.29 is 14.3 Å². The summed E-state index contributed by atoms with van der Waals surface area (Å²) < 4.78 is 9.89. The number of ether oxygens (including phenoxy) is 2. The smallest absolute Gasteiger partial charge is 0.306 e. The van der Waals surface area contributed by atoms with Crippen LogP contribution in [0, 0.1) is 0 Å². The number of nitrogen functional groups attached to an aromatic ring is 1. The van der Waals surface area contributed by atoms with Gasteiger partial charge in [-0.2, -0.15) is 0 Å². The molecule has 0 aromatic heterocycles. The van der Waals surface area contributed by atoms with Gasteiger partial charge in [0, 0.05) is 18.2 Å². The van der Waals surface area contributed by atoms with E-state index in [4.69, 9.17) is 15.2 Å². The number of carbonyl (C=O) groups is 1. The van der Waals surface area contributed by atoms with Gasteiger partial charge in [0.25, 0.3) is 0 Å². The predicted octanol–water partition coefficient (Wildman–Crippen LogP) is 2.19. The topological polar surface area (TPSA) is 61.5 Å². The van der Waals surface area contributed by atoms with Gasteiger partial charge in [-0.25, -0.2) is 0 Å². The molecule has 0 saturated heterocycles. The van der Waals surface area contributed by atoms with Crippen molar-refractivity contribution in [1.29, 1.82) is 0 Å². The quantitative estimate of drug-likeness (QED) is 0.650. The van der Waals surface area contributed by atoms with E-state index < -0.39 is 0 Å². The average molecular weight is 260 g/mol. The standard InChI is InChI=1S/C12H17NO3.ClH/c1-3-16-12(14)7-5-9-4-6-10(15-2)8-11(9)13;/h4,6,8H,3,5,7,13H2,1-2H3;1H. The number of esters is 1. The van der Waals surface area contributed by atoms with Gasteiger partial charge in [0.1, 0.15) is 5.75 Å². The zero-order chi connectivity index (χ0) is 12.0. The number of rotatable bonds is 5. The number of hydrogen-bond donors (Lipinski definition) is 1. The average Bonchev–Trinajstić information content (AvgIpc) is 2.27. The van der Waals surface area contributed by atoms with Crippen molar-refractivity contribution >= 4 is 24.1 Å². The molecule has 0 heterocycles. The number of aryl methyl sites for hydroxylation is 1. The Hall–Kier alpha value is -1.42. The number of nitrogens with two attached hydrogens (primary N) is 1. The molecule has 0 radical (unpaired) electrons. The molecule has 0 unspecified atom stereocenters. The van der Waals surface area contributed by atoms with Gasteiger partial charge in [-0.05, 0) is 25.0 Å². The Balaban J connectivity index is 0.00000256. The second kappa shape index (κ2) is 7.79. The molecule has 1 aromatic carbocycles. The minimum Gasteiger partial charge on any atom is -0.497 e. The van der Waals surface area contributed by atoms with Crippen molar-refractivity contribution in [3.05, 3.63) is 23.8 Å². The molecule has 1 rings (SSSR count). The van der Waals surface area contributed by atoms with Crippen LogP contribution in [0.2, 0.25) is 0 Å². The Morgan fingerprint density at radius 1 is 1.41 bits per heavy atom. The molecule has 0 aliphatic carbocycles. The molecule has 5 heteroatoms. The molecular formula is C12H18ClNO3. The van der Waals surface area contributed by atoms with E-state index >= 15 is 0 Å². The number of methoxy groups -OCH3 is 1. The van der Waals surface area contributed by atoms with Crippen LogP contribution >= 0.6 is 12.4 Å². The van der Waals surface area contributed by atoms with Crippen molar-refractivity contribution in [2.75, 3.05) is 19.5 Å². The number of halogens is 1. The molecule has 0 amide bonds. The van der Waals surface area contributed by atoms with Crippen molar-refractivity contribution in [2.45, 2.75) is 19.8 Å². The van der Waals surface area contributed by atoms with E-state index in [2.05, 4.69) is 0 Å². The largest absolute Gasteiger partial charge is 0.497 e.